The van der Waals surface area contributed by atoms with E-state index in [1.54, 1.807) is 0 Å². The van der Waals surface area contributed by atoms with Crippen molar-refractivity contribution in [2.24, 2.45) is 7.05 Å². The van der Waals surface area contributed by atoms with Crippen LogP contribution in [-0.2, 0) is 20.0 Å². The van der Waals surface area contributed by atoms with Gasteiger partial charge in [-0.1, -0.05) is 36.4 Å². The van der Waals surface area contributed by atoms with Gasteiger partial charge in [-0.05, 0) is 52.6 Å². The maximum Gasteiger partial charge on any atom is 0.183 e. The summed E-state index contributed by atoms with van der Waals surface area (Å²) in [5.74, 6) is 1.04. The van der Waals surface area contributed by atoms with Crippen LogP contribution in [0.5, 0.6) is 0 Å². The molecular weight excluding hydrogens is 472 g/mol. The van der Waals surface area contributed by atoms with Gasteiger partial charge in [-0.25, -0.2) is 4.98 Å². The first-order valence-corrected chi connectivity index (χ1v) is 13.0. The summed E-state index contributed by atoms with van der Waals surface area (Å²) in [7, 11) is 1.90. The SMILES string of the molecule is Cn1cccc1C(=O)Cc1ccc(-c2ccc3ncc(N4CCN(Cc5cccnc5)CC4)nc3c2)cc1. The molecule has 1 aliphatic heterocycles. The van der Waals surface area contributed by atoms with E-state index in [2.05, 4.69) is 45.1 Å². The number of fused-ring (bicyclic) bond motifs is 1. The number of piperazine rings is 1. The number of pyridine rings is 1. The summed E-state index contributed by atoms with van der Waals surface area (Å²) in [5.41, 5.74) is 6.94. The van der Waals surface area contributed by atoms with Gasteiger partial charge in [0.15, 0.2) is 5.78 Å². The van der Waals surface area contributed by atoms with E-state index in [0.717, 1.165) is 72.0 Å². The second kappa shape index (κ2) is 10.6. The Kier molecular flexibility index (Phi) is 6.67. The Labute approximate surface area is 222 Å². The summed E-state index contributed by atoms with van der Waals surface area (Å²) in [5, 5.41) is 0. The van der Waals surface area contributed by atoms with Crippen LogP contribution in [0.3, 0.4) is 0 Å². The van der Waals surface area contributed by atoms with Gasteiger partial charge >= 0.3 is 0 Å². The largest absolute Gasteiger partial charge is 0.353 e. The van der Waals surface area contributed by atoms with E-state index in [-0.39, 0.29) is 5.78 Å². The van der Waals surface area contributed by atoms with Crippen molar-refractivity contribution in [3.05, 3.63) is 108 Å². The van der Waals surface area contributed by atoms with Crippen LogP contribution in [-0.4, -0.2) is 56.4 Å². The van der Waals surface area contributed by atoms with Crippen LogP contribution >= 0.6 is 0 Å². The molecule has 1 aliphatic rings. The quantitative estimate of drug-likeness (QED) is 0.299. The van der Waals surface area contributed by atoms with Gasteiger partial charge in [0.1, 0.15) is 5.82 Å². The summed E-state index contributed by atoms with van der Waals surface area (Å²) in [6.07, 6.45) is 7.93. The number of nitrogens with zero attached hydrogens (tertiary/aromatic N) is 6. The molecule has 7 heteroatoms. The van der Waals surface area contributed by atoms with E-state index in [1.807, 2.05) is 72.8 Å². The fourth-order valence-corrected chi connectivity index (χ4v) is 5.06. The van der Waals surface area contributed by atoms with Crippen LogP contribution in [0.25, 0.3) is 22.2 Å². The molecule has 0 amide bonds. The number of carbonyl (C=O) groups excluding carboxylic acids is 1. The summed E-state index contributed by atoms with van der Waals surface area (Å²) in [4.78, 5) is 31.3. The van der Waals surface area contributed by atoms with E-state index in [4.69, 9.17) is 9.97 Å². The first-order valence-electron chi connectivity index (χ1n) is 13.0. The predicted molar refractivity (Wildman–Crippen MR) is 150 cm³/mol. The zero-order chi connectivity index (χ0) is 25.9. The van der Waals surface area contributed by atoms with Crippen molar-refractivity contribution in [2.75, 3.05) is 31.1 Å². The molecule has 38 heavy (non-hydrogen) atoms. The third-order valence-corrected chi connectivity index (χ3v) is 7.24. The second-order valence-corrected chi connectivity index (χ2v) is 9.86. The number of rotatable bonds is 7. The molecule has 190 valence electrons. The number of ketones is 1. The van der Waals surface area contributed by atoms with E-state index < -0.39 is 0 Å². The maximum atomic E-state index is 12.6. The Morgan fingerprint density at radius 3 is 2.39 bits per heavy atom. The minimum Gasteiger partial charge on any atom is -0.353 e. The van der Waals surface area contributed by atoms with Gasteiger partial charge in [-0.3, -0.25) is 19.7 Å². The normalized spacial score (nSPS) is 14.2. The lowest BCUT2D eigenvalue weighted by Crippen LogP contribution is -2.46. The summed E-state index contributed by atoms with van der Waals surface area (Å²) >= 11 is 0. The monoisotopic (exact) mass is 502 g/mol. The van der Waals surface area contributed by atoms with E-state index in [9.17, 15) is 4.79 Å². The lowest BCUT2D eigenvalue weighted by molar-refractivity contribution is 0.0985. The summed E-state index contributed by atoms with van der Waals surface area (Å²) in [6, 6.07) is 22.3. The molecule has 6 rings (SSSR count). The number of carbonyl (C=O) groups is 1. The maximum absolute atomic E-state index is 12.6. The van der Waals surface area contributed by atoms with Crippen LogP contribution in [0.4, 0.5) is 5.82 Å². The zero-order valence-electron chi connectivity index (χ0n) is 21.5. The molecule has 0 bridgehead atoms. The number of Topliss-reactive ketones (excluding diaryl/α,β-unsaturated/α-hetero) is 1. The number of hydrogen-bond donors (Lipinski definition) is 0. The van der Waals surface area contributed by atoms with Crippen molar-refractivity contribution < 1.29 is 4.79 Å². The lowest BCUT2D eigenvalue weighted by Gasteiger charge is -2.35. The Bertz CT molecular complexity index is 1550. The Hall–Kier alpha value is -4.36. The van der Waals surface area contributed by atoms with Crippen molar-refractivity contribution in [1.29, 1.82) is 0 Å². The molecule has 0 unspecified atom stereocenters. The Balaban J connectivity index is 1.13. The number of anilines is 1. The van der Waals surface area contributed by atoms with Crippen LogP contribution < -0.4 is 4.90 Å². The molecular formula is C31H30N6O. The summed E-state index contributed by atoms with van der Waals surface area (Å²) in [6.45, 7) is 4.72. The number of aromatic nitrogens is 4. The highest BCUT2D eigenvalue weighted by atomic mass is 16.1. The molecule has 0 atom stereocenters. The molecule has 1 fully saturated rings. The molecule has 0 radical (unpaired) electrons. The fourth-order valence-electron chi connectivity index (χ4n) is 5.06. The molecule has 3 aromatic heterocycles. The summed E-state index contributed by atoms with van der Waals surface area (Å²) < 4.78 is 1.86. The Morgan fingerprint density at radius 2 is 1.66 bits per heavy atom. The van der Waals surface area contributed by atoms with Crippen LogP contribution in [0.1, 0.15) is 21.6 Å². The smallest absolute Gasteiger partial charge is 0.183 e. The average molecular weight is 503 g/mol. The minimum atomic E-state index is 0.122. The van der Waals surface area contributed by atoms with Crippen molar-refractivity contribution in [1.82, 2.24) is 24.4 Å². The predicted octanol–water partition coefficient (Wildman–Crippen LogP) is 4.78. The highest BCUT2D eigenvalue weighted by molar-refractivity contribution is 5.96. The molecule has 2 aromatic carbocycles. The first-order chi connectivity index (χ1) is 18.6. The first kappa shape index (κ1) is 24.0. The van der Waals surface area contributed by atoms with Crippen molar-refractivity contribution in [3.63, 3.8) is 0 Å². The van der Waals surface area contributed by atoms with Gasteiger partial charge in [-0.2, -0.15) is 0 Å². The molecule has 0 saturated carbocycles. The third kappa shape index (κ3) is 5.19. The lowest BCUT2D eigenvalue weighted by atomic mass is 10.0. The molecule has 7 nitrogen and oxygen atoms in total. The molecule has 5 aromatic rings. The molecule has 4 heterocycles. The molecule has 0 N–H and O–H groups in total. The molecule has 1 saturated heterocycles. The fraction of sp³-hybridized carbons (Fsp3) is 0.226. The highest BCUT2D eigenvalue weighted by Gasteiger charge is 2.19. The van der Waals surface area contributed by atoms with Crippen LogP contribution in [0.2, 0.25) is 0 Å². The van der Waals surface area contributed by atoms with Crippen molar-refractivity contribution in [3.8, 4) is 11.1 Å². The number of hydrogen-bond acceptors (Lipinski definition) is 6. The number of aryl methyl sites for hydroxylation is 1. The van der Waals surface area contributed by atoms with Gasteiger partial charge in [0.2, 0.25) is 0 Å². The van der Waals surface area contributed by atoms with Crippen LogP contribution in [0.15, 0.2) is 91.5 Å². The molecule has 0 aliphatic carbocycles. The highest BCUT2D eigenvalue weighted by Crippen LogP contribution is 2.25. The minimum absolute atomic E-state index is 0.122. The second-order valence-electron chi connectivity index (χ2n) is 9.86. The standard InChI is InChI=1S/C31H30N6O/c1-35-13-3-5-29(35)30(38)18-23-6-8-25(9-7-23)26-10-11-27-28(19-26)34-31(21-33-27)37-16-14-36(15-17-37)22-24-4-2-12-32-20-24/h2-13,19-21H,14-18,22H2,1H3. The topological polar surface area (TPSA) is 67.2 Å². The Morgan fingerprint density at radius 1 is 0.842 bits per heavy atom. The van der Waals surface area contributed by atoms with E-state index in [1.165, 1.54) is 5.56 Å². The van der Waals surface area contributed by atoms with Gasteiger partial charge < -0.3 is 9.47 Å². The molecule has 0 spiro atoms. The van der Waals surface area contributed by atoms with Crippen molar-refractivity contribution >= 4 is 22.6 Å². The van der Waals surface area contributed by atoms with Crippen molar-refractivity contribution in [2.45, 2.75) is 13.0 Å². The van der Waals surface area contributed by atoms with Gasteiger partial charge in [-0.15, -0.1) is 0 Å². The van der Waals surface area contributed by atoms with Gasteiger partial charge in [0.25, 0.3) is 0 Å². The zero-order valence-corrected chi connectivity index (χ0v) is 21.5. The third-order valence-electron chi connectivity index (χ3n) is 7.24. The number of benzene rings is 2. The average Bonchev–Trinajstić information content (AvgIpc) is 3.40. The van der Waals surface area contributed by atoms with E-state index >= 15 is 0 Å². The van der Waals surface area contributed by atoms with E-state index in [0.29, 0.717) is 6.42 Å². The van der Waals surface area contributed by atoms with Gasteiger partial charge in [0.05, 0.1) is 22.9 Å². The van der Waals surface area contributed by atoms with Crippen LogP contribution in [0, 0.1) is 0 Å². The van der Waals surface area contributed by atoms with Gasteiger partial charge in [0, 0.05) is 64.8 Å².